The maximum absolute atomic E-state index is 12.4. The second-order valence-electron chi connectivity index (χ2n) is 36.2. The van der Waals surface area contributed by atoms with E-state index < -0.39 is 82.0 Å². The van der Waals surface area contributed by atoms with Crippen molar-refractivity contribution in [2.24, 2.45) is 23.7 Å². The first-order valence-electron chi connectivity index (χ1n) is 42.4. The van der Waals surface area contributed by atoms with E-state index in [2.05, 4.69) is 71.7 Å². The number of benzene rings is 5. The van der Waals surface area contributed by atoms with Gasteiger partial charge in [-0.25, -0.2) is 0 Å². The summed E-state index contributed by atoms with van der Waals surface area (Å²) in [6.45, 7) is 33.8. The Hall–Kier alpha value is -8.37. The fourth-order valence-corrected chi connectivity index (χ4v) is 16.8. The summed E-state index contributed by atoms with van der Waals surface area (Å²) in [5, 5.41) is 0. The number of hydrogen-bond donors (Lipinski definition) is 0. The third-order valence-corrected chi connectivity index (χ3v) is 29.0. The number of carbonyl (C=O) groups is 5. The van der Waals surface area contributed by atoms with Gasteiger partial charge in [-0.05, 0) is 226 Å². The lowest BCUT2D eigenvalue weighted by atomic mass is 9.49. The molecule has 13 rings (SSSR count). The fourth-order valence-electron chi connectivity index (χ4n) is 13.5. The van der Waals surface area contributed by atoms with E-state index in [9.17, 15) is 88.7 Å². The summed E-state index contributed by atoms with van der Waals surface area (Å²) in [5.41, 5.74) is -15.9. The molecular weight excluding hydrogens is 1780 g/mol. The fraction of sp³-hybridized carbons (Fsp3) is 0.539. The number of anilines is 1. The van der Waals surface area contributed by atoms with E-state index in [1.54, 1.807) is 24.3 Å². The lowest BCUT2D eigenvalue weighted by molar-refractivity contribution is -0.152. The van der Waals surface area contributed by atoms with Crippen molar-refractivity contribution in [3.8, 4) is 0 Å². The van der Waals surface area contributed by atoms with Crippen molar-refractivity contribution in [2.45, 2.75) is 282 Å². The molecule has 0 amide bonds. The summed E-state index contributed by atoms with van der Waals surface area (Å²) < 4.78 is 250. The first-order chi connectivity index (χ1) is 60.1. The summed E-state index contributed by atoms with van der Waals surface area (Å²) in [5.74, 6) is -1.69. The zero-order chi connectivity index (χ0) is 96.7. The summed E-state index contributed by atoms with van der Waals surface area (Å²) in [6, 6.07) is 42.0. The molecular formula is C89H114B4F9NO24S3. The Balaban J connectivity index is 0.000000194. The van der Waals surface area contributed by atoms with E-state index >= 15 is 0 Å². The zero-order valence-electron chi connectivity index (χ0n) is 75.7. The highest BCUT2D eigenvalue weighted by Crippen LogP contribution is 2.47. The molecule has 712 valence electrons. The summed E-state index contributed by atoms with van der Waals surface area (Å²) >= 11 is 0. The number of hydrogen-bond acceptors (Lipinski definition) is 24. The number of halogens is 9. The van der Waals surface area contributed by atoms with Crippen molar-refractivity contribution in [1.82, 2.24) is 0 Å². The average Bonchev–Trinajstić information content (AvgIpc) is 1.17. The van der Waals surface area contributed by atoms with Gasteiger partial charge in [0, 0.05) is 19.3 Å². The SMILES string of the molecule is CC1(C)OB(B2OC(C)(C)C(C)(C)O2)OC1(C)C.CC1(C)OB(C2=CCC(C(=O)OCc3ccccc3)CC2)OC1(C)C.CC1(C)OB(C2=CC[C@H](C(=O)OCc3ccccc3)CC2)OC1(C)C.O=C(OCc1ccccc1)C1CC=C(OS(=O)(=O)C(F)(F)F)CC1.O=C1CCC(C(=O)OCc2ccccc2)CC1.O=S(=O)(N(c1ccccc1)S(=O)(=O)C(F)(F)F)C(F)(F)F. The monoisotopic (exact) mass is 1890 g/mol. The lowest BCUT2D eigenvalue weighted by Gasteiger charge is -2.32. The first-order valence-corrected chi connectivity index (χ1v) is 46.7. The largest absolute Gasteiger partial charge is 0.534 e. The average molecular weight is 1890 g/mol. The Labute approximate surface area is 757 Å². The van der Waals surface area contributed by atoms with Crippen LogP contribution in [0.5, 0.6) is 0 Å². The second kappa shape index (κ2) is 43.3. The molecule has 4 heterocycles. The van der Waals surface area contributed by atoms with Crippen LogP contribution in [0.3, 0.4) is 0 Å². The van der Waals surface area contributed by atoms with Crippen LogP contribution in [0.25, 0.3) is 0 Å². The van der Waals surface area contributed by atoms with Crippen LogP contribution in [0.1, 0.15) is 217 Å². The van der Waals surface area contributed by atoms with Crippen molar-refractivity contribution >= 4 is 93.8 Å². The topological polar surface area (TPSA) is 311 Å². The third kappa shape index (κ3) is 28.4. The van der Waals surface area contributed by atoms with Gasteiger partial charge in [0.2, 0.25) is 0 Å². The normalized spacial score (nSPS) is 21.8. The molecule has 0 bridgehead atoms. The number of rotatable bonds is 20. The molecule has 3 atom stereocenters. The molecule has 5 aromatic rings. The van der Waals surface area contributed by atoms with Crippen LogP contribution in [-0.4, -0.2) is 145 Å². The lowest BCUT2D eigenvalue weighted by Crippen LogP contribution is -2.49. The van der Waals surface area contributed by atoms with E-state index in [4.69, 9.17) is 56.2 Å². The van der Waals surface area contributed by atoms with E-state index in [1.165, 1.54) is 6.08 Å². The Morgan fingerprint density at radius 1 is 0.346 bits per heavy atom. The number of allylic oxidation sites excluding steroid dienone is 6. The van der Waals surface area contributed by atoms with Gasteiger partial charge in [-0.15, -0.1) is 3.71 Å². The second-order valence-corrected chi connectivity index (χ2v) is 41.5. The van der Waals surface area contributed by atoms with Gasteiger partial charge in [0.15, 0.2) is 0 Å². The Kier molecular flexibility index (Phi) is 35.6. The number of para-hydroxylation sites is 1. The van der Waals surface area contributed by atoms with Gasteiger partial charge in [0.25, 0.3) is 0 Å². The Bertz CT molecular complexity index is 4840. The van der Waals surface area contributed by atoms with Gasteiger partial charge in [0.1, 0.15) is 38.0 Å². The van der Waals surface area contributed by atoms with Gasteiger partial charge >= 0.3 is 98.8 Å². The van der Waals surface area contributed by atoms with Gasteiger partial charge in [-0.1, -0.05) is 152 Å². The van der Waals surface area contributed by atoms with E-state index in [1.807, 2.05) is 152 Å². The number of Topliss-reactive ketones (excluding diaryl/α,β-unsaturated/α-hetero) is 1. The minimum atomic E-state index is -6.81. The molecule has 0 spiro atoms. The maximum Gasteiger partial charge on any atom is 0.534 e. The van der Waals surface area contributed by atoms with Crippen LogP contribution in [-0.2, 0) is 141 Å². The molecule has 0 radical (unpaired) electrons. The minimum Gasteiger partial charge on any atom is -0.461 e. The van der Waals surface area contributed by atoms with Gasteiger partial charge in [0.05, 0.1) is 74.2 Å². The molecule has 2 unspecified atom stereocenters. The van der Waals surface area contributed by atoms with Crippen molar-refractivity contribution in [1.29, 1.82) is 0 Å². The number of alkyl halides is 9. The van der Waals surface area contributed by atoms with E-state index in [-0.39, 0.29) is 132 Å². The van der Waals surface area contributed by atoms with Gasteiger partial charge in [-0.2, -0.15) is 64.8 Å². The van der Waals surface area contributed by atoms with Crippen molar-refractivity contribution in [2.75, 3.05) is 3.71 Å². The van der Waals surface area contributed by atoms with Crippen molar-refractivity contribution in [3.05, 3.63) is 209 Å². The summed E-state index contributed by atoms with van der Waals surface area (Å²) in [4.78, 5) is 59.3. The molecule has 4 saturated heterocycles. The predicted molar refractivity (Wildman–Crippen MR) is 467 cm³/mol. The Morgan fingerprint density at radius 3 is 0.838 bits per heavy atom. The van der Waals surface area contributed by atoms with E-state index in [0.717, 1.165) is 77.1 Å². The molecule has 41 heteroatoms. The molecule has 25 nitrogen and oxygen atoms in total. The zero-order valence-corrected chi connectivity index (χ0v) is 78.1. The quantitative estimate of drug-likeness (QED) is 0.0174. The standard InChI is InChI=1S/2C20H27BO4.C15H15F3O5S.C14H16O3.C12H24B2O4.C8H5F6NO4S2/c2*1-19(2)20(3,4)25-21(24-19)17-12-10-16(11-13-17)18(22)23-14-15-8-6-5-7-9-15;16-15(17,18)24(20,21)23-13-8-6-12(7-9-13)14(19)22-10-11-4-2-1-3-5-11;15-13-8-6-12(7-9-13)14(16)17-10-11-4-2-1-3-5-11;1-9(2)10(3,4)16-13(15-9)14-17-11(5,6)12(7,8)18-14;9-7(10,11)20(16,17)15(6-4-2-1-3-5-6)21(18,19)8(12,13)14/h2*5-9,12,16H,10-11,13-14H2,1-4H3;1-5,8,12H,6-7,9-10H2;1-5,12H,6-10H2;1-8H3;1-5H/t16-;;;;;/m0...../s1. The smallest absolute Gasteiger partial charge is 0.461 e. The van der Waals surface area contributed by atoms with Crippen LogP contribution in [0, 0.1) is 23.7 Å². The molecule has 4 aliphatic heterocycles. The predicted octanol–water partition coefficient (Wildman–Crippen LogP) is 18.4. The van der Waals surface area contributed by atoms with Crippen LogP contribution in [0.15, 0.2) is 187 Å². The molecule has 1 saturated carbocycles. The van der Waals surface area contributed by atoms with Crippen LogP contribution in [0.4, 0.5) is 45.2 Å². The molecule has 130 heavy (non-hydrogen) atoms. The third-order valence-electron chi connectivity index (χ3n) is 24.4. The molecule has 8 aliphatic rings. The number of ketones is 1. The highest BCUT2D eigenvalue weighted by atomic mass is 32.3. The highest BCUT2D eigenvalue weighted by molar-refractivity contribution is 8.11. The molecule has 4 aliphatic carbocycles. The Morgan fingerprint density at radius 2 is 0.592 bits per heavy atom. The highest BCUT2D eigenvalue weighted by Gasteiger charge is 2.65. The van der Waals surface area contributed by atoms with Crippen LogP contribution < -0.4 is 3.71 Å². The number of sulfonamides is 2. The number of carbonyl (C=O) groups excluding carboxylic acids is 5. The number of nitrogens with zero attached hydrogens (tertiary/aromatic N) is 1. The van der Waals surface area contributed by atoms with Gasteiger partial charge < -0.3 is 60.4 Å². The molecule has 5 fully saturated rings. The summed E-state index contributed by atoms with van der Waals surface area (Å²) in [7, 11) is -20.8. The molecule has 5 aromatic carbocycles. The molecule has 0 aromatic heterocycles. The minimum absolute atomic E-state index is 0.0658. The van der Waals surface area contributed by atoms with Crippen molar-refractivity contribution < 1.29 is 149 Å². The van der Waals surface area contributed by atoms with Gasteiger partial charge in [-0.3, -0.25) is 24.0 Å². The van der Waals surface area contributed by atoms with Crippen LogP contribution in [0.2, 0.25) is 0 Å². The maximum atomic E-state index is 12.4. The first kappa shape index (κ1) is 107. The number of ether oxygens (including phenoxy) is 4. The van der Waals surface area contributed by atoms with Crippen molar-refractivity contribution in [3.63, 3.8) is 0 Å². The van der Waals surface area contributed by atoms with Crippen LogP contribution >= 0.6 is 0 Å². The van der Waals surface area contributed by atoms with E-state index in [0.29, 0.717) is 70.5 Å². The molecule has 0 N–H and O–H groups in total. The number of esters is 4. The summed E-state index contributed by atoms with van der Waals surface area (Å²) in [6.07, 6.45) is 12.4.